The van der Waals surface area contributed by atoms with Gasteiger partial charge in [-0.25, -0.2) is 0 Å². The van der Waals surface area contributed by atoms with Gasteiger partial charge >= 0.3 is 0 Å². The van der Waals surface area contributed by atoms with E-state index in [9.17, 15) is 4.79 Å². The smallest absolute Gasteiger partial charge is 0.252 e. The van der Waals surface area contributed by atoms with Gasteiger partial charge in [0.15, 0.2) is 0 Å². The molecule has 1 aromatic rings. The topological polar surface area (TPSA) is 64.4 Å². The Morgan fingerprint density at radius 1 is 1.59 bits per heavy atom. The maximum Gasteiger partial charge on any atom is 0.252 e. The van der Waals surface area contributed by atoms with E-state index in [1.807, 2.05) is 0 Å². The molecule has 1 amide bonds. The van der Waals surface area contributed by atoms with Gasteiger partial charge < -0.3 is 15.8 Å². The van der Waals surface area contributed by atoms with Crippen molar-refractivity contribution in [1.29, 1.82) is 0 Å². The van der Waals surface area contributed by atoms with Crippen LogP contribution in [0.4, 0.5) is 0 Å². The van der Waals surface area contributed by atoms with Gasteiger partial charge in [0.1, 0.15) is 5.75 Å². The average Bonchev–Trinajstić information content (AvgIpc) is 2.80. The summed E-state index contributed by atoms with van der Waals surface area (Å²) in [4.78, 5) is 11.2. The first kappa shape index (κ1) is 12.2. The summed E-state index contributed by atoms with van der Waals surface area (Å²) in [6, 6.07) is 4.91. The van der Waals surface area contributed by atoms with Crippen molar-refractivity contribution in [1.82, 2.24) is 5.32 Å². The number of primary amides is 1. The predicted octanol–water partition coefficient (Wildman–Crippen LogP) is 1.43. The molecule has 1 fully saturated rings. The molecule has 3 N–H and O–H groups in total. The van der Waals surface area contributed by atoms with Crippen molar-refractivity contribution < 1.29 is 9.53 Å². The van der Waals surface area contributed by atoms with Gasteiger partial charge in [-0.2, -0.15) is 0 Å². The van der Waals surface area contributed by atoms with Crippen molar-refractivity contribution in [2.75, 3.05) is 19.7 Å². The zero-order valence-electron chi connectivity index (χ0n) is 9.41. The number of ether oxygens (including phenoxy) is 1. The van der Waals surface area contributed by atoms with Gasteiger partial charge in [-0.15, -0.1) is 0 Å². The molecule has 0 aliphatic carbocycles. The molecule has 1 aliphatic heterocycles. The van der Waals surface area contributed by atoms with Crippen LogP contribution in [0, 0.1) is 5.92 Å². The molecule has 0 saturated carbocycles. The zero-order valence-corrected chi connectivity index (χ0v) is 10.2. The first-order valence-electron chi connectivity index (χ1n) is 5.59. The lowest BCUT2D eigenvalue weighted by Crippen LogP contribution is -2.18. The van der Waals surface area contributed by atoms with E-state index in [4.69, 9.17) is 22.1 Å². The van der Waals surface area contributed by atoms with Crippen molar-refractivity contribution in [3.8, 4) is 5.75 Å². The molecular formula is C12H15ClN2O2. The molecule has 0 spiro atoms. The number of hydrogen-bond acceptors (Lipinski definition) is 3. The molecule has 0 aromatic heterocycles. The van der Waals surface area contributed by atoms with Crippen LogP contribution in [0.1, 0.15) is 16.8 Å². The van der Waals surface area contributed by atoms with Crippen molar-refractivity contribution >= 4 is 17.5 Å². The summed E-state index contributed by atoms with van der Waals surface area (Å²) in [7, 11) is 0. The molecule has 1 aliphatic rings. The third kappa shape index (κ3) is 3.11. The van der Waals surface area contributed by atoms with E-state index in [-0.39, 0.29) is 0 Å². The van der Waals surface area contributed by atoms with Gasteiger partial charge in [0.25, 0.3) is 5.91 Å². The lowest BCUT2D eigenvalue weighted by molar-refractivity contribution is 0.0995. The van der Waals surface area contributed by atoms with Gasteiger partial charge in [0.05, 0.1) is 12.2 Å². The number of carbonyl (C=O) groups is 1. The minimum atomic E-state index is -0.521. The Morgan fingerprint density at radius 2 is 2.41 bits per heavy atom. The Bertz CT molecular complexity index is 417. The lowest BCUT2D eigenvalue weighted by Gasteiger charge is -2.13. The van der Waals surface area contributed by atoms with Crippen LogP contribution in [-0.2, 0) is 0 Å². The van der Waals surface area contributed by atoms with E-state index in [1.165, 1.54) is 6.07 Å². The van der Waals surface area contributed by atoms with Crippen LogP contribution in [-0.4, -0.2) is 25.6 Å². The number of nitrogens with one attached hydrogen (secondary N) is 1. The molecule has 4 nitrogen and oxygen atoms in total. The molecule has 17 heavy (non-hydrogen) atoms. The fourth-order valence-corrected chi connectivity index (χ4v) is 2.06. The summed E-state index contributed by atoms with van der Waals surface area (Å²) >= 11 is 5.81. The molecule has 1 atom stereocenters. The van der Waals surface area contributed by atoms with Crippen LogP contribution >= 0.6 is 11.6 Å². The fraction of sp³-hybridized carbons (Fsp3) is 0.417. The Kier molecular flexibility index (Phi) is 3.86. The van der Waals surface area contributed by atoms with Crippen LogP contribution in [0.2, 0.25) is 5.02 Å². The molecule has 1 unspecified atom stereocenters. The maximum absolute atomic E-state index is 11.2. The zero-order chi connectivity index (χ0) is 12.3. The molecule has 2 rings (SSSR count). The third-order valence-electron chi connectivity index (χ3n) is 2.84. The Morgan fingerprint density at radius 3 is 3.06 bits per heavy atom. The molecule has 0 bridgehead atoms. The minimum Gasteiger partial charge on any atom is -0.492 e. The highest BCUT2D eigenvalue weighted by Crippen LogP contribution is 2.23. The number of carbonyl (C=O) groups excluding carboxylic acids is 1. The second-order valence-corrected chi connectivity index (χ2v) is 4.61. The number of nitrogens with two attached hydrogens (primary N) is 1. The van der Waals surface area contributed by atoms with E-state index in [2.05, 4.69) is 5.32 Å². The monoisotopic (exact) mass is 254 g/mol. The SMILES string of the molecule is NC(=O)c1cc(Cl)ccc1OCC1CCNC1. The standard InChI is InChI=1S/C12H15ClN2O2/c13-9-1-2-11(10(5-9)12(14)16)17-7-8-3-4-15-6-8/h1-2,5,8,15H,3-4,6-7H2,(H2,14,16). The van der Waals surface area contributed by atoms with Crippen LogP contribution in [0.25, 0.3) is 0 Å². The van der Waals surface area contributed by atoms with Crippen LogP contribution in [0.3, 0.4) is 0 Å². The largest absolute Gasteiger partial charge is 0.492 e. The molecule has 1 heterocycles. The van der Waals surface area contributed by atoms with Crippen molar-refractivity contribution in [3.63, 3.8) is 0 Å². The summed E-state index contributed by atoms with van der Waals surface area (Å²) in [5.74, 6) is 0.479. The maximum atomic E-state index is 11.2. The summed E-state index contributed by atoms with van der Waals surface area (Å²) in [6.07, 6.45) is 1.10. The first-order chi connectivity index (χ1) is 8.16. The highest BCUT2D eigenvalue weighted by molar-refractivity contribution is 6.31. The van der Waals surface area contributed by atoms with E-state index >= 15 is 0 Å². The van der Waals surface area contributed by atoms with Crippen molar-refractivity contribution in [2.24, 2.45) is 11.7 Å². The van der Waals surface area contributed by atoms with Gasteiger partial charge in [-0.1, -0.05) is 11.6 Å². The second kappa shape index (κ2) is 5.38. The van der Waals surface area contributed by atoms with E-state index < -0.39 is 5.91 Å². The molecule has 1 aromatic carbocycles. The number of hydrogen-bond donors (Lipinski definition) is 2. The normalized spacial score (nSPS) is 19.2. The minimum absolute atomic E-state index is 0.337. The van der Waals surface area contributed by atoms with Crippen molar-refractivity contribution in [2.45, 2.75) is 6.42 Å². The van der Waals surface area contributed by atoms with Crippen LogP contribution in [0.5, 0.6) is 5.75 Å². The number of benzene rings is 1. The number of halogens is 1. The van der Waals surface area contributed by atoms with E-state index in [1.54, 1.807) is 12.1 Å². The molecular weight excluding hydrogens is 240 g/mol. The average molecular weight is 255 g/mol. The summed E-state index contributed by atoms with van der Waals surface area (Å²) in [5.41, 5.74) is 5.61. The Hall–Kier alpha value is -1.26. The van der Waals surface area contributed by atoms with E-state index in [0.717, 1.165) is 19.5 Å². The van der Waals surface area contributed by atoms with Gasteiger partial charge in [0.2, 0.25) is 0 Å². The summed E-state index contributed by atoms with van der Waals surface area (Å²) in [5, 5.41) is 3.74. The predicted molar refractivity (Wildman–Crippen MR) is 66.4 cm³/mol. The van der Waals surface area contributed by atoms with Gasteiger partial charge in [-0.3, -0.25) is 4.79 Å². The fourth-order valence-electron chi connectivity index (χ4n) is 1.88. The third-order valence-corrected chi connectivity index (χ3v) is 3.08. The van der Waals surface area contributed by atoms with Crippen molar-refractivity contribution in [3.05, 3.63) is 28.8 Å². The summed E-state index contributed by atoms with van der Waals surface area (Å²) in [6.45, 7) is 2.58. The first-order valence-corrected chi connectivity index (χ1v) is 5.97. The van der Waals surface area contributed by atoms with E-state index in [0.29, 0.717) is 28.9 Å². The Balaban J connectivity index is 2.06. The molecule has 1 saturated heterocycles. The molecule has 0 radical (unpaired) electrons. The van der Waals surface area contributed by atoms with Gasteiger partial charge in [-0.05, 0) is 31.2 Å². The lowest BCUT2D eigenvalue weighted by atomic mass is 10.1. The quantitative estimate of drug-likeness (QED) is 0.854. The Labute approximate surface area is 105 Å². The second-order valence-electron chi connectivity index (χ2n) is 4.17. The summed E-state index contributed by atoms with van der Waals surface area (Å²) < 4.78 is 5.64. The number of amides is 1. The molecule has 92 valence electrons. The molecule has 5 heteroatoms. The van der Waals surface area contributed by atoms with Crippen LogP contribution in [0.15, 0.2) is 18.2 Å². The van der Waals surface area contributed by atoms with Gasteiger partial charge in [0, 0.05) is 17.5 Å². The number of rotatable bonds is 4. The highest BCUT2D eigenvalue weighted by atomic mass is 35.5. The van der Waals surface area contributed by atoms with Crippen LogP contribution < -0.4 is 15.8 Å². The highest BCUT2D eigenvalue weighted by Gasteiger charge is 2.17.